The standard InChI is InChI=1S/C18H17NO5/c1-12(20)14-5-7-15(8-6-14)19-18(22)13(2)24-17(21)10-9-16-4-3-11-23-16/h3-11,13H,1-2H3,(H,19,22)/b10-9+/t13-/m1/s1. The molecule has 1 amide bonds. The first kappa shape index (κ1) is 17.2. The molecule has 24 heavy (non-hydrogen) atoms. The van der Waals surface area contributed by atoms with Crippen LogP contribution < -0.4 is 5.32 Å². The maximum Gasteiger partial charge on any atom is 0.331 e. The summed E-state index contributed by atoms with van der Waals surface area (Å²) in [4.78, 5) is 34.9. The second-order valence-corrected chi connectivity index (χ2v) is 5.05. The molecule has 1 N–H and O–H groups in total. The molecule has 6 heteroatoms. The van der Waals surface area contributed by atoms with Crippen molar-refractivity contribution in [2.75, 3.05) is 5.32 Å². The van der Waals surface area contributed by atoms with Crippen LogP contribution in [0.25, 0.3) is 6.08 Å². The number of Topliss-reactive ketones (excluding diaryl/α,β-unsaturated/α-hetero) is 1. The highest BCUT2D eigenvalue weighted by atomic mass is 16.5. The van der Waals surface area contributed by atoms with Gasteiger partial charge in [-0.15, -0.1) is 0 Å². The summed E-state index contributed by atoms with van der Waals surface area (Å²) in [7, 11) is 0. The topological polar surface area (TPSA) is 85.6 Å². The molecular formula is C18H17NO5. The first-order chi connectivity index (χ1) is 11.5. The Morgan fingerprint density at radius 1 is 1.17 bits per heavy atom. The fraction of sp³-hybridized carbons (Fsp3) is 0.167. The third kappa shape index (κ3) is 4.95. The molecule has 0 aliphatic rings. The van der Waals surface area contributed by atoms with Crippen molar-refractivity contribution in [3.8, 4) is 0 Å². The number of carbonyl (C=O) groups is 3. The van der Waals surface area contributed by atoms with Gasteiger partial charge in [0, 0.05) is 17.3 Å². The maximum atomic E-state index is 12.0. The third-order valence-electron chi connectivity index (χ3n) is 3.15. The maximum absolute atomic E-state index is 12.0. The van der Waals surface area contributed by atoms with E-state index >= 15 is 0 Å². The normalized spacial score (nSPS) is 11.9. The lowest BCUT2D eigenvalue weighted by Crippen LogP contribution is -2.29. The Labute approximate surface area is 139 Å². The van der Waals surface area contributed by atoms with Crippen LogP contribution in [-0.2, 0) is 14.3 Å². The van der Waals surface area contributed by atoms with Crippen molar-refractivity contribution in [2.45, 2.75) is 20.0 Å². The molecule has 0 bridgehead atoms. The zero-order chi connectivity index (χ0) is 17.5. The molecule has 0 fully saturated rings. The van der Waals surface area contributed by atoms with E-state index in [1.165, 1.54) is 32.3 Å². The number of furan rings is 1. The summed E-state index contributed by atoms with van der Waals surface area (Å²) in [6.07, 6.45) is 3.15. The molecule has 1 atom stereocenters. The van der Waals surface area contributed by atoms with Crippen LogP contribution in [0.1, 0.15) is 30.0 Å². The second-order valence-electron chi connectivity index (χ2n) is 5.05. The number of amides is 1. The number of hydrogen-bond acceptors (Lipinski definition) is 5. The zero-order valence-corrected chi connectivity index (χ0v) is 13.3. The lowest BCUT2D eigenvalue weighted by molar-refractivity contribution is -0.148. The van der Waals surface area contributed by atoms with Gasteiger partial charge in [-0.2, -0.15) is 0 Å². The number of anilines is 1. The molecule has 1 heterocycles. The fourth-order valence-electron chi connectivity index (χ4n) is 1.84. The predicted octanol–water partition coefficient (Wildman–Crippen LogP) is 3.07. The molecular weight excluding hydrogens is 310 g/mol. The Bertz CT molecular complexity index is 744. The van der Waals surface area contributed by atoms with Gasteiger partial charge in [-0.1, -0.05) is 0 Å². The number of rotatable bonds is 6. The molecule has 1 aromatic carbocycles. The van der Waals surface area contributed by atoms with E-state index in [-0.39, 0.29) is 5.78 Å². The molecule has 0 radical (unpaired) electrons. The second kappa shape index (κ2) is 7.92. The van der Waals surface area contributed by atoms with Gasteiger partial charge in [0.1, 0.15) is 5.76 Å². The average molecular weight is 327 g/mol. The molecule has 124 valence electrons. The fourth-order valence-corrected chi connectivity index (χ4v) is 1.84. The number of esters is 1. The lowest BCUT2D eigenvalue weighted by atomic mass is 10.1. The molecule has 0 spiro atoms. The van der Waals surface area contributed by atoms with Gasteiger partial charge in [0.15, 0.2) is 11.9 Å². The molecule has 2 aromatic rings. The highest BCUT2D eigenvalue weighted by Gasteiger charge is 2.16. The van der Waals surface area contributed by atoms with E-state index in [4.69, 9.17) is 9.15 Å². The van der Waals surface area contributed by atoms with Crippen LogP contribution in [0.2, 0.25) is 0 Å². The summed E-state index contributed by atoms with van der Waals surface area (Å²) in [6.45, 7) is 2.93. The molecule has 2 rings (SSSR count). The summed E-state index contributed by atoms with van der Waals surface area (Å²) < 4.78 is 10.1. The van der Waals surface area contributed by atoms with Crippen LogP contribution in [0.3, 0.4) is 0 Å². The number of hydrogen-bond donors (Lipinski definition) is 1. The van der Waals surface area contributed by atoms with Crippen LogP contribution in [0.5, 0.6) is 0 Å². The minimum atomic E-state index is -0.966. The van der Waals surface area contributed by atoms with Gasteiger partial charge in [-0.25, -0.2) is 4.79 Å². The van der Waals surface area contributed by atoms with Gasteiger partial charge in [0.2, 0.25) is 0 Å². The third-order valence-corrected chi connectivity index (χ3v) is 3.15. The van der Waals surface area contributed by atoms with Crippen LogP contribution in [-0.4, -0.2) is 23.8 Å². The summed E-state index contributed by atoms with van der Waals surface area (Å²) in [5.41, 5.74) is 1.06. The number of carbonyl (C=O) groups excluding carboxylic acids is 3. The molecule has 1 aromatic heterocycles. The van der Waals surface area contributed by atoms with Gasteiger partial charge in [-0.3, -0.25) is 9.59 Å². The minimum Gasteiger partial charge on any atom is -0.465 e. The van der Waals surface area contributed by atoms with E-state index in [2.05, 4.69) is 5.32 Å². The minimum absolute atomic E-state index is 0.0569. The Balaban J connectivity index is 1.87. The van der Waals surface area contributed by atoms with E-state index in [0.29, 0.717) is 17.0 Å². The molecule has 0 unspecified atom stereocenters. The quantitative estimate of drug-likeness (QED) is 0.500. The highest BCUT2D eigenvalue weighted by Crippen LogP contribution is 2.11. The monoisotopic (exact) mass is 327 g/mol. The first-order valence-electron chi connectivity index (χ1n) is 7.30. The number of nitrogens with one attached hydrogen (secondary N) is 1. The van der Waals surface area contributed by atoms with Crippen molar-refractivity contribution in [1.29, 1.82) is 0 Å². The van der Waals surface area contributed by atoms with E-state index < -0.39 is 18.0 Å². The highest BCUT2D eigenvalue weighted by molar-refractivity contribution is 5.98. The van der Waals surface area contributed by atoms with E-state index in [0.717, 1.165) is 0 Å². The predicted molar refractivity (Wildman–Crippen MR) is 88.4 cm³/mol. The van der Waals surface area contributed by atoms with Crippen LogP contribution >= 0.6 is 0 Å². The number of benzene rings is 1. The Morgan fingerprint density at radius 2 is 1.88 bits per heavy atom. The van der Waals surface area contributed by atoms with Crippen molar-refractivity contribution in [1.82, 2.24) is 0 Å². The van der Waals surface area contributed by atoms with E-state index in [9.17, 15) is 14.4 Å². The smallest absolute Gasteiger partial charge is 0.331 e. The molecule has 0 saturated carbocycles. The van der Waals surface area contributed by atoms with Gasteiger partial charge < -0.3 is 14.5 Å². The van der Waals surface area contributed by atoms with Crippen molar-refractivity contribution in [3.63, 3.8) is 0 Å². The summed E-state index contributed by atoms with van der Waals surface area (Å²) in [5.74, 6) is -0.667. The number of ether oxygens (including phenoxy) is 1. The zero-order valence-electron chi connectivity index (χ0n) is 13.3. The van der Waals surface area contributed by atoms with Crippen LogP contribution in [0.15, 0.2) is 53.2 Å². The molecule has 0 aliphatic carbocycles. The van der Waals surface area contributed by atoms with Crippen molar-refractivity contribution in [2.24, 2.45) is 0 Å². The van der Waals surface area contributed by atoms with E-state index in [1.54, 1.807) is 36.4 Å². The number of ketones is 1. The molecule has 0 aliphatic heterocycles. The largest absolute Gasteiger partial charge is 0.465 e. The first-order valence-corrected chi connectivity index (χ1v) is 7.30. The van der Waals surface area contributed by atoms with Crippen molar-refractivity contribution < 1.29 is 23.5 Å². The molecule has 0 saturated heterocycles. The van der Waals surface area contributed by atoms with Gasteiger partial charge in [-0.05, 0) is 56.3 Å². The SMILES string of the molecule is CC(=O)c1ccc(NC(=O)[C@@H](C)OC(=O)/C=C/c2ccco2)cc1. The van der Waals surface area contributed by atoms with Crippen LogP contribution in [0, 0.1) is 0 Å². The van der Waals surface area contributed by atoms with Gasteiger partial charge in [0.25, 0.3) is 5.91 Å². The lowest BCUT2D eigenvalue weighted by Gasteiger charge is -2.12. The van der Waals surface area contributed by atoms with E-state index in [1.807, 2.05) is 0 Å². The van der Waals surface area contributed by atoms with Crippen molar-refractivity contribution in [3.05, 3.63) is 60.1 Å². The summed E-state index contributed by atoms with van der Waals surface area (Å²) in [6, 6.07) is 9.82. The van der Waals surface area contributed by atoms with Gasteiger partial charge in [0.05, 0.1) is 6.26 Å². The average Bonchev–Trinajstić information content (AvgIpc) is 3.06. The van der Waals surface area contributed by atoms with Gasteiger partial charge >= 0.3 is 5.97 Å². The van der Waals surface area contributed by atoms with Crippen molar-refractivity contribution >= 4 is 29.4 Å². The Morgan fingerprint density at radius 3 is 2.46 bits per heavy atom. The Hall–Kier alpha value is -3.15. The Kier molecular flexibility index (Phi) is 5.68. The van der Waals surface area contributed by atoms with Crippen LogP contribution in [0.4, 0.5) is 5.69 Å². The molecule has 6 nitrogen and oxygen atoms in total. The summed E-state index contributed by atoms with van der Waals surface area (Å²) in [5, 5.41) is 2.61. The summed E-state index contributed by atoms with van der Waals surface area (Å²) >= 11 is 0.